The van der Waals surface area contributed by atoms with Crippen LogP contribution < -0.4 is 5.32 Å². The molecule has 3 heterocycles. The van der Waals surface area contributed by atoms with Gasteiger partial charge in [0.1, 0.15) is 11.6 Å². The standard InChI is InChI=1S/C13H18F2N6.2ClH/c1-19-5-3-18-12(19)10-8-16-2-6-20(10)9-11-17-4-7-21(11)13(14)15;;/h3-5,7,10,13,16H,2,6,8-9H2,1H3;2*1H. The Morgan fingerprint density at radius 1 is 1.26 bits per heavy atom. The lowest BCUT2D eigenvalue weighted by Gasteiger charge is -2.35. The first-order valence-corrected chi connectivity index (χ1v) is 6.88. The van der Waals surface area contributed by atoms with Gasteiger partial charge in [-0.3, -0.25) is 9.47 Å². The third-order valence-electron chi connectivity index (χ3n) is 3.81. The van der Waals surface area contributed by atoms with Crippen LogP contribution in [-0.4, -0.2) is 43.6 Å². The Bertz CT molecular complexity index is 603. The van der Waals surface area contributed by atoms with Gasteiger partial charge in [-0.1, -0.05) is 0 Å². The van der Waals surface area contributed by atoms with Gasteiger partial charge in [-0.05, 0) is 0 Å². The van der Waals surface area contributed by atoms with Crippen molar-refractivity contribution in [2.45, 2.75) is 19.1 Å². The quantitative estimate of drug-likeness (QED) is 0.896. The van der Waals surface area contributed by atoms with Gasteiger partial charge in [-0.2, -0.15) is 8.78 Å². The molecule has 0 aromatic carbocycles. The number of nitrogens with one attached hydrogen (secondary N) is 1. The zero-order valence-electron chi connectivity index (χ0n) is 12.6. The number of imidazole rings is 2. The van der Waals surface area contributed by atoms with Crippen LogP contribution in [0.1, 0.15) is 24.2 Å². The zero-order valence-corrected chi connectivity index (χ0v) is 14.2. The Kier molecular flexibility index (Phi) is 7.40. The van der Waals surface area contributed by atoms with Gasteiger partial charge in [-0.25, -0.2) is 9.97 Å². The molecule has 1 atom stereocenters. The predicted molar refractivity (Wildman–Crippen MR) is 87.2 cm³/mol. The van der Waals surface area contributed by atoms with E-state index in [1.54, 1.807) is 6.20 Å². The van der Waals surface area contributed by atoms with Gasteiger partial charge in [-0.15, -0.1) is 24.8 Å². The number of nitrogens with zero attached hydrogens (tertiary/aromatic N) is 5. The molecule has 0 amide bonds. The molecule has 1 fully saturated rings. The summed E-state index contributed by atoms with van der Waals surface area (Å²) in [5, 5.41) is 3.33. The molecule has 1 unspecified atom stereocenters. The summed E-state index contributed by atoms with van der Waals surface area (Å²) in [5.41, 5.74) is 0. The highest BCUT2D eigenvalue weighted by molar-refractivity contribution is 5.85. The largest absolute Gasteiger partial charge is 0.337 e. The number of aromatic nitrogens is 4. The molecule has 1 saturated heterocycles. The van der Waals surface area contributed by atoms with Crippen LogP contribution in [0.15, 0.2) is 24.8 Å². The van der Waals surface area contributed by atoms with E-state index in [0.717, 1.165) is 30.0 Å². The number of aryl methyl sites for hydroxylation is 1. The highest BCUT2D eigenvalue weighted by Crippen LogP contribution is 2.23. The van der Waals surface area contributed by atoms with E-state index in [1.807, 2.05) is 17.8 Å². The molecule has 1 aliphatic heterocycles. The van der Waals surface area contributed by atoms with Crippen molar-refractivity contribution in [3.05, 3.63) is 36.4 Å². The lowest BCUT2D eigenvalue weighted by Crippen LogP contribution is -2.46. The van der Waals surface area contributed by atoms with Gasteiger partial charge >= 0.3 is 6.55 Å². The van der Waals surface area contributed by atoms with Crippen LogP contribution in [-0.2, 0) is 13.6 Å². The molecule has 0 radical (unpaired) electrons. The third kappa shape index (κ3) is 4.20. The van der Waals surface area contributed by atoms with Gasteiger partial charge in [0.05, 0.1) is 12.6 Å². The van der Waals surface area contributed by atoms with E-state index in [4.69, 9.17) is 0 Å². The molecule has 130 valence electrons. The SMILES string of the molecule is Cl.Cl.Cn1ccnc1C1CNCCN1Cc1nccn1C(F)F. The normalized spacial score (nSPS) is 18.5. The molecule has 6 nitrogen and oxygen atoms in total. The minimum Gasteiger partial charge on any atom is -0.337 e. The molecule has 0 spiro atoms. The van der Waals surface area contributed by atoms with Crippen molar-refractivity contribution in [3.63, 3.8) is 0 Å². The van der Waals surface area contributed by atoms with E-state index >= 15 is 0 Å². The van der Waals surface area contributed by atoms with Crippen LogP contribution in [0.5, 0.6) is 0 Å². The first-order chi connectivity index (χ1) is 10.2. The van der Waals surface area contributed by atoms with Gasteiger partial charge in [0.15, 0.2) is 0 Å². The Balaban J connectivity index is 0.00000132. The van der Waals surface area contributed by atoms with Crippen molar-refractivity contribution in [1.29, 1.82) is 0 Å². The summed E-state index contributed by atoms with van der Waals surface area (Å²) >= 11 is 0. The summed E-state index contributed by atoms with van der Waals surface area (Å²) in [6, 6.07) is 0.0570. The van der Waals surface area contributed by atoms with E-state index in [-0.39, 0.29) is 30.9 Å². The van der Waals surface area contributed by atoms with E-state index in [0.29, 0.717) is 12.4 Å². The van der Waals surface area contributed by atoms with Gasteiger partial charge in [0, 0.05) is 51.5 Å². The average Bonchev–Trinajstić information content (AvgIpc) is 3.08. The van der Waals surface area contributed by atoms with Crippen LogP contribution >= 0.6 is 24.8 Å². The Labute approximate surface area is 145 Å². The average molecular weight is 369 g/mol. The molecule has 2 aromatic rings. The second kappa shape index (κ2) is 8.58. The fourth-order valence-electron chi connectivity index (χ4n) is 2.71. The molecule has 1 N–H and O–H groups in total. The number of hydrogen-bond donors (Lipinski definition) is 1. The molecule has 10 heteroatoms. The molecule has 0 bridgehead atoms. The summed E-state index contributed by atoms with van der Waals surface area (Å²) in [6.45, 7) is 0.179. The minimum atomic E-state index is -2.56. The molecule has 3 rings (SSSR count). The molecular formula is C13H20Cl2F2N6. The van der Waals surface area contributed by atoms with Crippen LogP contribution in [0.4, 0.5) is 8.78 Å². The lowest BCUT2D eigenvalue weighted by molar-refractivity contribution is 0.0599. The van der Waals surface area contributed by atoms with Crippen LogP contribution in [0.25, 0.3) is 0 Å². The molecule has 0 aliphatic carbocycles. The second-order valence-corrected chi connectivity index (χ2v) is 5.12. The summed E-state index contributed by atoms with van der Waals surface area (Å²) in [4.78, 5) is 10.6. The second-order valence-electron chi connectivity index (χ2n) is 5.12. The maximum absolute atomic E-state index is 12.9. The van der Waals surface area contributed by atoms with Gasteiger partial charge in [0.2, 0.25) is 0 Å². The first kappa shape index (κ1) is 19.8. The van der Waals surface area contributed by atoms with E-state index < -0.39 is 6.55 Å². The highest BCUT2D eigenvalue weighted by atomic mass is 35.5. The monoisotopic (exact) mass is 368 g/mol. The van der Waals surface area contributed by atoms with Crippen molar-refractivity contribution in [2.75, 3.05) is 19.6 Å². The van der Waals surface area contributed by atoms with Crippen molar-refractivity contribution in [3.8, 4) is 0 Å². The molecule has 1 aliphatic rings. The van der Waals surface area contributed by atoms with Crippen LogP contribution in [0, 0.1) is 0 Å². The van der Waals surface area contributed by atoms with Crippen molar-refractivity contribution < 1.29 is 8.78 Å². The fraction of sp³-hybridized carbons (Fsp3) is 0.538. The Morgan fingerprint density at radius 3 is 2.65 bits per heavy atom. The summed E-state index contributed by atoms with van der Waals surface area (Å²) in [5.74, 6) is 1.31. The number of rotatable bonds is 4. The fourth-order valence-corrected chi connectivity index (χ4v) is 2.71. The van der Waals surface area contributed by atoms with Crippen molar-refractivity contribution in [1.82, 2.24) is 29.3 Å². The first-order valence-electron chi connectivity index (χ1n) is 6.88. The molecular weight excluding hydrogens is 349 g/mol. The van der Waals surface area contributed by atoms with Crippen molar-refractivity contribution in [2.24, 2.45) is 7.05 Å². The van der Waals surface area contributed by atoms with Crippen LogP contribution in [0.3, 0.4) is 0 Å². The number of hydrogen-bond acceptors (Lipinski definition) is 4. The van der Waals surface area contributed by atoms with Crippen LogP contribution in [0.2, 0.25) is 0 Å². The van der Waals surface area contributed by atoms with Gasteiger partial charge < -0.3 is 9.88 Å². The number of halogens is 4. The lowest BCUT2D eigenvalue weighted by atomic mass is 10.1. The topological polar surface area (TPSA) is 50.9 Å². The Hall–Kier alpha value is -1.22. The van der Waals surface area contributed by atoms with E-state index in [9.17, 15) is 8.78 Å². The number of alkyl halides is 2. The van der Waals surface area contributed by atoms with Crippen molar-refractivity contribution >= 4 is 24.8 Å². The maximum Gasteiger partial charge on any atom is 0.319 e. The minimum absolute atomic E-state index is 0. The highest BCUT2D eigenvalue weighted by Gasteiger charge is 2.28. The molecule has 0 saturated carbocycles. The maximum atomic E-state index is 12.9. The molecule has 2 aromatic heterocycles. The van der Waals surface area contributed by atoms with E-state index in [1.165, 1.54) is 12.4 Å². The third-order valence-corrected chi connectivity index (χ3v) is 3.81. The zero-order chi connectivity index (χ0) is 14.8. The van der Waals surface area contributed by atoms with Gasteiger partial charge in [0.25, 0.3) is 0 Å². The molecule has 23 heavy (non-hydrogen) atoms. The Morgan fingerprint density at radius 2 is 2.00 bits per heavy atom. The summed E-state index contributed by atoms with van der Waals surface area (Å²) < 4.78 is 28.7. The summed E-state index contributed by atoms with van der Waals surface area (Å²) in [7, 11) is 1.94. The van der Waals surface area contributed by atoms with E-state index in [2.05, 4.69) is 20.2 Å². The predicted octanol–water partition coefficient (Wildman–Crippen LogP) is 2.00. The summed E-state index contributed by atoms with van der Waals surface area (Å²) in [6.07, 6.45) is 6.38. The number of piperazine rings is 1. The smallest absolute Gasteiger partial charge is 0.319 e.